The van der Waals surface area contributed by atoms with E-state index in [0.717, 1.165) is 12.1 Å². The van der Waals surface area contributed by atoms with Gasteiger partial charge in [-0.2, -0.15) is 0 Å². The second-order valence-corrected chi connectivity index (χ2v) is 4.83. The first-order valence-corrected chi connectivity index (χ1v) is 6.83. The van der Waals surface area contributed by atoms with Gasteiger partial charge in [-0.15, -0.1) is 12.6 Å². The molecule has 0 radical (unpaired) electrons. The summed E-state index contributed by atoms with van der Waals surface area (Å²) >= 11 is 4.03. The Morgan fingerprint density at radius 2 is 1.95 bits per heavy atom. The van der Waals surface area contributed by atoms with Gasteiger partial charge < -0.3 is 9.73 Å². The number of hydrogen-bond acceptors (Lipinski definition) is 3. The number of nitrogens with one attached hydrogen (secondary N) is 1. The summed E-state index contributed by atoms with van der Waals surface area (Å²) < 4.78 is 5.15. The van der Waals surface area contributed by atoms with Gasteiger partial charge in [0.2, 0.25) is 0 Å². The summed E-state index contributed by atoms with van der Waals surface area (Å²) in [6.45, 7) is 2.17. The third kappa shape index (κ3) is 3.89. The van der Waals surface area contributed by atoms with Crippen molar-refractivity contribution in [1.29, 1.82) is 0 Å². The van der Waals surface area contributed by atoms with Gasteiger partial charge in [-0.05, 0) is 42.7 Å². The van der Waals surface area contributed by atoms with Crippen molar-refractivity contribution in [2.75, 3.05) is 5.32 Å². The van der Waals surface area contributed by atoms with Gasteiger partial charge in [-0.3, -0.25) is 4.79 Å². The van der Waals surface area contributed by atoms with E-state index in [1.165, 1.54) is 18.4 Å². The van der Waals surface area contributed by atoms with Crippen LogP contribution in [0.25, 0.3) is 0 Å². The summed E-state index contributed by atoms with van der Waals surface area (Å²) in [5.41, 5.74) is 2.05. The van der Waals surface area contributed by atoms with Gasteiger partial charge >= 0.3 is 0 Å². The van der Waals surface area contributed by atoms with E-state index in [-0.39, 0.29) is 11.7 Å². The molecule has 100 valence electrons. The van der Waals surface area contributed by atoms with Crippen molar-refractivity contribution in [1.82, 2.24) is 0 Å². The molecule has 0 bridgehead atoms. The van der Waals surface area contributed by atoms with E-state index in [9.17, 15) is 4.79 Å². The first-order chi connectivity index (χ1) is 9.19. The molecule has 1 aromatic carbocycles. The van der Waals surface area contributed by atoms with E-state index in [1.54, 1.807) is 12.1 Å². The molecule has 0 atom stereocenters. The minimum atomic E-state index is -0.262. The van der Waals surface area contributed by atoms with E-state index < -0.39 is 0 Å². The van der Waals surface area contributed by atoms with Crippen molar-refractivity contribution in [2.24, 2.45) is 0 Å². The standard InChI is InChI=1S/C15H17NO2S/c1-2-3-4-11-5-7-12(8-6-11)16-15(17)13-9-10-14(19)18-13/h5-10,19H,2-4H2,1H3,(H,16,17). The van der Waals surface area contributed by atoms with Crippen molar-refractivity contribution in [3.8, 4) is 0 Å². The first-order valence-electron chi connectivity index (χ1n) is 6.38. The van der Waals surface area contributed by atoms with Crippen molar-refractivity contribution >= 4 is 24.2 Å². The number of benzene rings is 1. The lowest BCUT2D eigenvalue weighted by atomic mass is 10.1. The van der Waals surface area contributed by atoms with Crippen LogP contribution in [0.15, 0.2) is 45.9 Å². The van der Waals surface area contributed by atoms with E-state index >= 15 is 0 Å². The predicted octanol–water partition coefficient (Wildman–Crippen LogP) is 4.16. The number of thiol groups is 1. The number of unbranched alkanes of at least 4 members (excludes halogenated alkanes) is 1. The van der Waals surface area contributed by atoms with Crippen LogP contribution in [0.3, 0.4) is 0 Å². The average Bonchev–Trinajstić information content (AvgIpc) is 2.85. The van der Waals surface area contributed by atoms with Crippen LogP contribution in [0.1, 0.15) is 35.9 Å². The third-order valence-corrected chi connectivity index (χ3v) is 3.09. The fourth-order valence-electron chi connectivity index (χ4n) is 1.78. The summed E-state index contributed by atoms with van der Waals surface area (Å²) in [6.07, 6.45) is 3.44. The minimum Gasteiger partial charge on any atom is -0.445 e. The molecule has 3 nitrogen and oxygen atoms in total. The predicted molar refractivity (Wildman–Crippen MR) is 79.0 cm³/mol. The van der Waals surface area contributed by atoms with Crippen LogP contribution in [-0.2, 0) is 6.42 Å². The van der Waals surface area contributed by atoms with E-state index in [4.69, 9.17) is 4.42 Å². The lowest BCUT2D eigenvalue weighted by Gasteiger charge is -2.05. The molecule has 0 fully saturated rings. The van der Waals surface area contributed by atoms with Gasteiger partial charge in [-0.25, -0.2) is 0 Å². The SMILES string of the molecule is CCCCc1ccc(NC(=O)c2ccc(S)o2)cc1. The van der Waals surface area contributed by atoms with Gasteiger partial charge in [0.15, 0.2) is 10.9 Å². The number of anilines is 1. The Kier molecular flexibility index (Phi) is 4.68. The average molecular weight is 275 g/mol. The fourth-order valence-corrected chi connectivity index (χ4v) is 1.95. The molecule has 1 aromatic heterocycles. The molecular formula is C15H17NO2S. The van der Waals surface area contributed by atoms with Crippen molar-refractivity contribution < 1.29 is 9.21 Å². The lowest BCUT2D eigenvalue weighted by molar-refractivity contribution is 0.0992. The smallest absolute Gasteiger partial charge is 0.291 e. The molecule has 0 saturated carbocycles. The molecule has 0 spiro atoms. The maximum absolute atomic E-state index is 11.8. The van der Waals surface area contributed by atoms with Crippen LogP contribution in [-0.4, -0.2) is 5.91 Å². The number of aryl methyl sites for hydroxylation is 1. The quantitative estimate of drug-likeness (QED) is 0.804. The number of furan rings is 1. The Bertz CT molecular complexity index is 546. The number of carbonyl (C=O) groups is 1. The highest BCUT2D eigenvalue weighted by molar-refractivity contribution is 7.80. The van der Waals surface area contributed by atoms with Crippen LogP contribution >= 0.6 is 12.6 Å². The Morgan fingerprint density at radius 1 is 1.21 bits per heavy atom. The number of amides is 1. The Hall–Kier alpha value is -1.68. The third-order valence-electron chi connectivity index (χ3n) is 2.85. The highest BCUT2D eigenvalue weighted by atomic mass is 32.1. The van der Waals surface area contributed by atoms with Gasteiger partial charge in [0.25, 0.3) is 5.91 Å². The van der Waals surface area contributed by atoms with Gasteiger partial charge in [0, 0.05) is 5.69 Å². The summed E-state index contributed by atoms with van der Waals surface area (Å²) in [5.74, 6) is 0.00154. The van der Waals surface area contributed by atoms with Crippen molar-refractivity contribution in [2.45, 2.75) is 31.3 Å². The number of hydrogen-bond donors (Lipinski definition) is 2. The molecule has 1 N–H and O–H groups in total. The molecule has 2 aromatic rings. The maximum atomic E-state index is 11.8. The second kappa shape index (κ2) is 6.48. The fraction of sp³-hybridized carbons (Fsp3) is 0.267. The summed E-state index contributed by atoms with van der Waals surface area (Å²) in [7, 11) is 0. The molecule has 0 aliphatic heterocycles. The monoisotopic (exact) mass is 275 g/mol. The molecule has 0 aliphatic rings. The maximum Gasteiger partial charge on any atom is 0.291 e. The topological polar surface area (TPSA) is 42.2 Å². The Labute approximate surface area is 118 Å². The highest BCUT2D eigenvalue weighted by Crippen LogP contribution is 2.15. The highest BCUT2D eigenvalue weighted by Gasteiger charge is 2.10. The van der Waals surface area contributed by atoms with Crippen molar-refractivity contribution in [3.05, 3.63) is 47.7 Å². The molecule has 0 saturated heterocycles. The molecule has 0 aliphatic carbocycles. The molecule has 1 heterocycles. The molecule has 1 amide bonds. The van der Waals surface area contributed by atoms with E-state index in [0.29, 0.717) is 5.09 Å². The molecular weight excluding hydrogens is 258 g/mol. The van der Waals surface area contributed by atoms with Crippen LogP contribution in [0.5, 0.6) is 0 Å². The van der Waals surface area contributed by atoms with Crippen LogP contribution in [0, 0.1) is 0 Å². The Balaban J connectivity index is 1.97. The molecule has 2 rings (SSSR count). The molecule has 0 unspecified atom stereocenters. The van der Waals surface area contributed by atoms with Crippen LogP contribution < -0.4 is 5.32 Å². The second-order valence-electron chi connectivity index (χ2n) is 4.39. The van der Waals surface area contributed by atoms with E-state index in [1.807, 2.05) is 24.3 Å². The molecule has 19 heavy (non-hydrogen) atoms. The Morgan fingerprint density at radius 3 is 2.53 bits per heavy atom. The zero-order valence-corrected chi connectivity index (χ0v) is 11.7. The minimum absolute atomic E-state index is 0.262. The lowest BCUT2D eigenvalue weighted by Crippen LogP contribution is -2.10. The van der Waals surface area contributed by atoms with Crippen molar-refractivity contribution in [3.63, 3.8) is 0 Å². The van der Waals surface area contributed by atoms with E-state index in [2.05, 4.69) is 24.9 Å². The normalized spacial score (nSPS) is 10.4. The number of carbonyl (C=O) groups excluding carboxylic acids is 1. The molecule has 4 heteroatoms. The zero-order valence-electron chi connectivity index (χ0n) is 10.8. The van der Waals surface area contributed by atoms with Crippen LogP contribution in [0.2, 0.25) is 0 Å². The zero-order chi connectivity index (χ0) is 13.7. The van der Waals surface area contributed by atoms with Crippen LogP contribution in [0.4, 0.5) is 5.69 Å². The summed E-state index contributed by atoms with van der Waals surface area (Å²) in [4.78, 5) is 11.8. The van der Waals surface area contributed by atoms with Gasteiger partial charge in [0.05, 0.1) is 0 Å². The summed E-state index contributed by atoms with van der Waals surface area (Å²) in [5, 5.41) is 3.22. The summed E-state index contributed by atoms with van der Waals surface area (Å²) in [6, 6.07) is 11.1. The number of rotatable bonds is 5. The largest absolute Gasteiger partial charge is 0.445 e. The van der Waals surface area contributed by atoms with Gasteiger partial charge in [-0.1, -0.05) is 25.5 Å². The van der Waals surface area contributed by atoms with Gasteiger partial charge in [0.1, 0.15) is 0 Å². The first kappa shape index (κ1) is 13.7.